The zero-order chi connectivity index (χ0) is 23.4. The summed E-state index contributed by atoms with van der Waals surface area (Å²) in [5.74, 6) is 5.45. The molecule has 1 amide bonds. The summed E-state index contributed by atoms with van der Waals surface area (Å²) in [6.45, 7) is 11.4. The average molecular weight is 468 g/mol. The van der Waals surface area contributed by atoms with Gasteiger partial charge in [0.05, 0.1) is 17.2 Å². The number of nitrogens with zero attached hydrogens (tertiary/aromatic N) is 1. The van der Waals surface area contributed by atoms with Gasteiger partial charge in [0.25, 0.3) is 0 Å². The lowest BCUT2D eigenvalue weighted by Crippen LogP contribution is -2.40. The third-order valence-corrected chi connectivity index (χ3v) is 6.94. The topological polar surface area (TPSA) is 83.9 Å². The monoisotopic (exact) mass is 467 g/mol. The summed E-state index contributed by atoms with van der Waals surface area (Å²) in [7, 11) is -2.71. The molecule has 0 unspecified atom stereocenters. The van der Waals surface area contributed by atoms with E-state index in [1.165, 1.54) is 18.2 Å². The maximum atomic E-state index is 13.4. The number of anilines is 1. The molecule has 1 aliphatic carbocycles. The summed E-state index contributed by atoms with van der Waals surface area (Å²) in [6.07, 6.45) is 3.55. The van der Waals surface area contributed by atoms with E-state index in [2.05, 4.69) is 18.8 Å². The highest BCUT2D eigenvalue weighted by molar-refractivity contribution is 7.57. The van der Waals surface area contributed by atoms with Crippen molar-refractivity contribution in [3.05, 3.63) is 15.8 Å². The van der Waals surface area contributed by atoms with Crippen molar-refractivity contribution in [1.29, 1.82) is 0 Å². The van der Waals surface area contributed by atoms with Crippen LogP contribution in [0.5, 0.6) is 0 Å². The van der Waals surface area contributed by atoms with Crippen LogP contribution >= 0.6 is 18.7 Å². The average Bonchev–Trinajstić information content (AvgIpc) is 3.07. The second-order valence-corrected chi connectivity index (χ2v) is 13.5. The van der Waals surface area contributed by atoms with E-state index >= 15 is 0 Å². The van der Waals surface area contributed by atoms with E-state index in [9.17, 15) is 19.3 Å². The van der Waals surface area contributed by atoms with Gasteiger partial charge in [-0.15, -0.1) is 11.3 Å². The van der Waals surface area contributed by atoms with Gasteiger partial charge in [0.1, 0.15) is 4.88 Å². The molecule has 1 heterocycles. The van der Waals surface area contributed by atoms with Gasteiger partial charge in [-0.2, -0.15) is 0 Å². The number of carbonyl (C=O) groups is 2. The quantitative estimate of drug-likeness (QED) is 0.419. The molecule has 8 heteroatoms. The Balaban J connectivity index is 2.40. The molecule has 0 bridgehead atoms. The molecule has 0 aromatic carbocycles. The lowest BCUT2D eigenvalue weighted by atomic mass is 9.82. The first-order valence-electron chi connectivity index (χ1n) is 10.7. The number of carbonyl (C=O) groups excluding carboxylic acids is 1. The van der Waals surface area contributed by atoms with Crippen LogP contribution in [0, 0.1) is 29.1 Å². The third kappa shape index (κ3) is 8.11. The molecule has 1 saturated carbocycles. The van der Waals surface area contributed by atoms with E-state index in [1.54, 1.807) is 6.07 Å². The second kappa shape index (κ2) is 10.3. The Bertz CT molecular complexity index is 907. The van der Waals surface area contributed by atoms with E-state index in [4.69, 9.17) is 4.52 Å². The molecule has 1 fully saturated rings. The summed E-state index contributed by atoms with van der Waals surface area (Å²) in [5.41, 5.74) is 0.129. The van der Waals surface area contributed by atoms with Gasteiger partial charge in [-0.3, -0.25) is 9.36 Å². The van der Waals surface area contributed by atoms with Gasteiger partial charge < -0.3 is 14.5 Å². The second-order valence-electron chi connectivity index (χ2n) is 9.66. The molecule has 1 N–H and O–H groups in total. The minimum Gasteiger partial charge on any atom is -0.477 e. The first kappa shape index (κ1) is 25.6. The lowest BCUT2D eigenvalue weighted by Gasteiger charge is -2.31. The molecule has 31 heavy (non-hydrogen) atoms. The number of thiophene rings is 1. The maximum absolute atomic E-state index is 13.4. The first-order chi connectivity index (χ1) is 14.3. The Morgan fingerprint density at radius 3 is 2.39 bits per heavy atom. The molecule has 1 aliphatic rings. The summed E-state index contributed by atoms with van der Waals surface area (Å²) < 4.78 is 17.4. The van der Waals surface area contributed by atoms with Crippen molar-refractivity contribution < 1.29 is 23.8 Å². The van der Waals surface area contributed by atoms with Crippen LogP contribution in [0.15, 0.2) is 6.07 Å². The van der Waals surface area contributed by atoms with Crippen molar-refractivity contribution in [2.75, 3.05) is 31.4 Å². The van der Waals surface area contributed by atoms with Crippen molar-refractivity contribution in [3.8, 4) is 11.8 Å². The van der Waals surface area contributed by atoms with Gasteiger partial charge >= 0.3 is 5.97 Å². The summed E-state index contributed by atoms with van der Waals surface area (Å²) in [4.78, 5) is 27.6. The van der Waals surface area contributed by atoms with Gasteiger partial charge in [-0.1, -0.05) is 18.8 Å². The standard InChI is InChI=1S/C23H34NO5PS/c1-16-7-9-17(10-8-16)21(25)24(13-14-29-30(5,6)28)19-15-18(11-12-23(2,3)4)31-20(19)22(26)27/h15-17H,7-10,13-14H2,1-6H3,(H,26,27). The van der Waals surface area contributed by atoms with Crippen LogP contribution in [0.4, 0.5) is 5.69 Å². The molecular formula is C23H34NO5PS. The number of carboxylic acids is 1. The predicted molar refractivity (Wildman–Crippen MR) is 126 cm³/mol. The minimum absolute atomic E-state index is 0.0804. The first-order valence-corrected chi connectivity index (χ1v) is 14.0. The van der Waals surface area contributed by atoms with Crippen LogP contribution in [-0.2, 0) is 13.9 Å². The van der Waals surface area contributed by atoms with Gasteiger partial charge in [0.15, 0.2) is 7.37 Å². The smallest absolute Gasteiger partial charge is 0.348 e. The Morgan fingerprint density at radius 2 is 1.87 bits per heavy atom. The number of aromatic carboxylic acids is 1. The van der Waals surface area contributed by atoms with Crippen LogP contribution in [0.25, 0.3) is 0 Å². The number of amides is 1. The van der Waals surface area contributed by atoms with Gasteiger partial charge in [-0.05, 0) is 58.4 Å². The van der Waals surface area contributed by atoms with Crippen molar-refractivity contribution >= 4 is 36.3 Å². The lowest BCUT2D eigenvalue weighted by molar-refractivity contribution is -0.123. The van der Waals surface area contributed by atoms with Crippen molar-refractivity contribution in [3.63, 3.8) is 0 Å². The largest absolute Gasteiger partial charge is 0.477 e. The molecule has 1 aromatic heterocycles. The molecule has 2 rings (SSSR count). The fourth-order valence-electron chi connectivity index (χ4n) is 3.47. The molecule has 0 radical (unpaired) electrons. The van der Waals surface area contributed by atoms with E-state index in [0.29, 0.717) is 16.5 Å². The van der Waals surface area contributed by atoms with Crippen LogP contribution in [0.2, 0.25) is 0 Å². The Morgan fingerprint density at radius 1 is 1.26 bits per heavy atom. The van der Waals surface area contributed by atoms with Gasteiger partial charge in [-0.25, -0.2) is 4.79 Å². The number of hydrogen-bond acceptors (Lipinski definition) is 5. The van der Waals surface area contributed by atoms with Crippen molar-refractivity contribution in [2.45, 2.75) is 53.4 Å². The highest BCUT2D eigenvalue weighted by atomic mass is 32.1. The molecule has 0 saturated heterocycles. The predicted octanol–water partition coefficient (Wildman–Crippen LogP) is 5.56. The van der Waals surface area contributed by atoms with Gasteiger partial charge in [0, 0.05) is 31.2 Å². The highest BCUT2D eigenvalue weighted by Gasteiger charge is 2.32. The Kier molecular flexibility index (Phi) is 8.55. The van der Waals surface area contributed by atoms with Crippen molar-refractivity contribution in [1.82, 2.24) is 0 Å². The molecule has 0 aliphatic heterocycles. The highest BCUT2D eigenvalue weighted by Crippen LogP contribution is 2.38. The van der Waals surface area contributed by atoms with Gasteiger partial charge in [0.2, 0.25) is 5.91 Å². The molecule has 1 aromatic rings. The molecule has 6 nitrogen and oxygen atoms in total. The van der Waals surface area contributed by atoms with Crippen LogP contribution in [0.3, 0.4) is 0 Å². The van der Waals surface area contributed by atoms with E-state index in [1.807, 2.05) is 20.8 Å². The SMILES string of the molecule is CC1CCC(C(=O)N(CCOP(C)(C)=O)c2cc(C#CC(C)(C)C)sc2C(=O)O)CC1. The summed E-state index contributed by atoms with van der Waals surface area (Å²) in [5, 5.41) is 9.79. The maximum Gasteiger partial charge on any atom is 0.348 e. The normalized spacial score (nSPS) is 19.4. The van der Waals surface area contributed by atoms with E-state index in [-0.39, 0.29) is 35.3 Å². The zero-order valence-electron chi connectivity index (χ0n) is 19.4. The zero-order valence-corrected chi connectivity index (χ0v) is 21.1. The van der Waals surface area contributed by atoms with E-state index in [0.717, 1.165) is 37.0 Å². The number of rotatable bonds is 7. The fraction of sp³-hybridized carbons (Fsp3) is 0.652. The molecular weight excluding hydrogens is 433 g/mol. The number of carboxylic acid groups (broad SMARTS) is 1. The minimum atomic E-state index is -2.71. The Labute approximate surface area is 189 Å². The molecule has 0 spiro atoms. The number of hydrogen-bond donors (Lipinski definition) is 1. The molecule has 172 valence electrons. The van der Waals surface area contributed by atoms with Crippen LogP contribution in [-0.4, -0.2) is 43.5 Å². The third-order valence-electron chi connectivity index (χ3n) is 5.11. The van der Waals surface area contributed by atoms with Crippen LogP contribution in [0.1, 0.15) is 67.9 Å². The Hall–Kier alpha value is -1.61. The molecule has 0 atom stereocenters. The van der Waals surface area contributed by atoms with Crippen molar-refractivity contribution in [2.24, 2.45) is 17.3 Å². The van der Waals surface area contributed by atoms with Crippen LogP contribution < -0.4 is 4.90 Å². The summed E-state index contributed by atoms with van der Waals surface area (Å²) >= 11 is 1.08. The van der Waals surface area contributed by atoms with E-state index < -0.39 is 13.3 Å². The summed E-state index contributed by atoms with van der Waals surface area (Å²) in [6, 6.07) is 1.69. The fourth-order valence-corrected chi connectivity index (χ4v) is 4.85.